The Morgan fingerprint density at radius 2 is 0.513 bits per heavy atom. The summed E-state index contributed by atoms with van der Waals surface area (Å²) in [5.41, 5.74) is 0. The fraction of sp³-hybridized carbons (Fsp3) is 0.729. The first-order valence-corrected chi connectivity index (χ1v) is 32.2. The van der Waals surface area contributed by atoms with Crippen LogP contribution in [0.2, 0.25) is 0 Å². The zero-order valence-corrected chi connectivity index (χ0v) is 50.0. The van der Waals surface area contributed by atoms with Gasteiger partial charge in [-0.1, -0.05) is 285 Å². The van der Waals surface area contributed by atoms with Gasteiger partial charge in [-0.3, -0.25) is 14.4 Å². The Balaban J connectivity index is 4.23. The van der Waals surface area contributed by atoms with Crippen LogP contribution in [0.3, 0.4) is 0 Å². The van der Waals surface area contributed by atoms with E-state index < -0.39 is 6.10 Å². The van der Waals surface area contributed by atoms with E-state index in [0.29, 0.717) is 19.3 Å². The van der Waals surface area contributed by atoms with Crippen molar-refractivity contribution >= 4 is 17.9 Å². The van der Waals surface area contributed by atoms with E-state index in [2.05, 4.69) is 118 Å². The fourth-order valence-corrected chi connectivity index (χ4v) is 9.01. The molecule has 0 saturated carbocycles. The Labute approximate surface area is 470 Å². The molecule has 0 heterocycles. The molecule has 6 nitrogen and oxygen atoms in total. The number of carbonyl (C=O) groups excluding carboxylic acids is 3. The summed E-state index contributed by atoms with van der Waals surface area (Å²) in [6, 6.07) is 0. The molecular formula is C70H120O6. The van der Waals surface area contributed by atoms with Gasteiger partial charge >= 0.3 is 17.9 Å². The lowest BCUT2D eigenvalue weighted by atomic mass is 10.0. The average Bonchev–Trinajstić information content (AvgIpc) is 3.42. The van der Waals surface area contributed by atoms with Crippen LogP contribution in [0.15, 0.2) is 97.2 Å². The Bertz CT molecular complexity index is 1490. The first-order chi connectivity index (χ1) is 37.5. The quantitative estimate of drug-likeness (QED) is 0.0261. The molecule has 0 aliphatic rings. The molecule has 0 fully saturated rings. The normalized spacial score (nSPS) is 12.7. The highest BCUT2D eigenvalue weighted by molar-refractivity contribution is 5.71. The second-order valence-corrected chi connectivity index (χ2v) is 21.3. The van der Waals surface area contributed by atoms with Gasteiger partial charge in [0.1, 0.15) is 13.2 Å². The molecule has 0 bridgehead atoms. The minimum atomic E-state index is -0.785. The van der Waals surface area contributed by atoms with Crippen molar-refractivity contribution in [1.82, 2.24) is 0 Å². The predicted molar refractivity (Wildman–Crippen MR) is 330 cm³/mol. The van der Waals surface area contributed by atoms with Crippen LogP contribution in [0.4, 0.5) is 0 Å². The predicted octanol–water partition coefficient (Wildman–Crippen LogP) is 22.0. The van der Waals surface area contributed by atoms with Gasteiger partial charge in [0, 0.05) is 19.3 Å². The van der Waals surface area contributed by atoms with Crippen molar-refractivity contribution in [3.63, 3.8) is 0 Å². The standard InChI is InChI=1S/C70H120O6/c1-4-7-10-13-16-19-21-23-25-27-29-31-33-34-35-36-38-39-41-43-45-47-49-51-54-57-60-63-69(72)75-66-67(65-74-68(71)62-59-56-53-18-15-12-9-6-3)76-70(73)64-61-58-55-52-50-48-46-44-42-40-37-32-30-28-26-24-22-20-17-14-11-8-5-2/h7,10,16,19,23,25,28-31,34-35,38-39,43,45,67H,4-6,8-9,11-15,17-18,20-22,24,26-27,32-33,36-37,40-42,44,46-66H2,1-3H3/b10-7-,19-16-,25-23-,30-28-,31-29-,35-34-,39-38-,45-43-. The summed E-state index contributed by atoms with van der Waals surface area (Å²) >= 11 is 0. The number of hydrogen-bond acceptors (Lipinski definition) is 6. The number of allylic oxidation sites excluding steroid dienone is 16. The summed E-state index contributed by atoms with van der Waals surface area (Å²) in [6.45, 7) is 6.50. The lowest BCUT2D eigenvalue weighted by molar-refractivity contribution is -0.167. The van der Waals surface area contributed by atoms with E-state index in [0.717, 1.165) is 122 Å². The summed E-state index contributed by atoms with van der Waals surface area (Å²) in [5, 5.41) is 0. The molecule has 0 spiro atoms. The van der Waals surface area contributed by atoms with Crippen molar-refractivity contribution < 1.29 is 28.6 Å². The average molecular weight is 1060 g/mol. The van der Waals surface area contributed by atoms with Gasteiger partial charge in [-0.05, 0) is 103 Å². The topological polar surface area (TPSA) is 78.9 Å². The van der Waals surface area contributed by atoms with Crippen molar-refractivity contribution in [3.05, 3.63) is 97.2 Å². The lowest BCUT2D eigenvalue weighted by Crippen LogP contribution is -2.30. The van der Waals surface area contributed by atoms with Crippen LogP contribution in [0, 0.1) is 0 Å². The van der Waals surface area contributed by atoms with Crippen molar-refractivity contribution in [2.45, 2.75) is 316 Å². The molecule has 0 aliphatic carbocycles. The molecule has 0 aromatic carbocycles. The molecule has 76 heavy (non-hydrogen) atoms. The van der Waals surface area contributed by atoms with Crippen LogP contribution >= 0.6 is 0 Å². The molecule has 0 aromatic rings. The van der Waals surface area contributed by atoms with Gasteiger partial charge in [0.2, 0.25) is 0 Å². The lowest BCUT2D eigenvalue weighted by Gasteiger charge is -2.18. The van der Waals surface area contributed by atoms with E-state index in [1.807, 2.05) is 0 Å². The van der Waals surface area contributed by atoms with E-state index >= 15 is 0 Å². The largest absolute Gasteiger partial charge is 0.462 e. The number of ether oxygens (including phenoxy) is 3. The number of carbonyl (C=O) groups is 3. The maximum absolute atomic E-state index is 12.9. The highest BCUT2D eigenvalue weighted by atomic mass is 16.6. The Morgan fingerprint density at radius 1 is 0.276 bits per heavy atom. The van der Waals surface area contributed by atoms with Crippen molar-refractivity contribution in [1.29, 1.82) is 0 Å². The van der Waals surface area contributed by atoms with Gasteiger partial charge in [-0.25, -0.2) is 0 Å². The second-order valence-electron chi connectivity index (χ2n) is 21.3. The maximum Gasteiger partial charge on any atom is 0.306 e. The minimum absolute atomic E-state index is 0.0822. The van der Waals surface area contributed by atoms with Crippen LogP contribution in [0.5, 0.6) is 0 Å². The highest BCUT2D eigenvalue weighted by Crippen LogP contribution is 2.16. The van der Waals surface area contributed by atoms with Gasteiger partial charge in [0.15, 0.2) is 6.10 Å². The van der Waals surface area contributed by atoms with E-state index in [4.69, 9.17) is 14.2 Å². The van der Waals surface area contributed by atoms with Crippen LogP contribution in [0.1, 0.15) is 310 Å². The van der Waals surface area contributed by atoms with Crippen LogP contribution in [-0.4, -0.2) is 37.2 Å². The van der Waals surface area contributed by atoms with E-state index in [9.17, 15) is 14.4 Å². The number of hydrogen-bond donors (Lipinski definition) is 0. The summed E-state index contributed by atoms with van der Waals surface area (Å²) in [6.07, 6.45) is 85.7. The molecular weight excluding hydrogens is 937 g/mol. The second kappa shape index (κ2) is 63.9. The molecule has 0 amide bonds. The molecule has 0 aliphatic heterocycles. The summed E-state index contributed by atoms with van der Waals surface area (Å²) in [4.78, 5) is 38.1. The molecule has 0 rings (SSSR count). The molecule has 0 saturated heterocycles. The third kappa shape index (κ3) is 61.2. The zero-order chi connectivity index (χ0) is 55.0. The van der Waals surface area contributed by atoms with Gasteiger partial charge < -0.3 is 14.2 Å². The molecule has 1 atom stereocenters. The third-order valence-electron chi connectivity index (χ3n) is 13.8. The van der Waals surface area contributed by atoms with Crippen molar-refractivity contribution in [3.8, 4) is 0 Å². The molecule has 0 radical (unpaired) electrons. The molecule has 0 N–H and O–H groups in total. The van der Waals surface area contributed by atoms with E-state index in [1.54, 1.807) is 0 Å². The fourth-order valence-electron chi connectivity index (χ4n) is 9.01. The summed E-state index contributed by atoms with van der Waals surface area (Å²) in [7, 11) is 0. The summed E-state index contributed by atoms with van der Waals surface area (Å²) < 4.78 is 16.9. The third-order valence-corrected chi connectivity index (χ3v) is 13.8. The number of rotatable bonds is 58. The maximum atomic E-state index is 12.9. The van der Waals surface area contributed by atoms with Gasteiger partial charge in [-0.15, -0.1) is 0 Å². The van der Waals surface area contributed by atoms with Gasteiger partial charge in [0.25, 0.3) is 0 Å². The van der Waals surface area contributed by atoms with Crippen molar-refractivity contribution in [2.24, 2.45) is 0 Å². The monoisotopic (exact) mass is 1060 g/mol. The molecule has 0 aromatic heterocycles. The Hall–Kier alpha value is -3.67. The van der Waals surface area contributed by atoms with Gasteiger partial charge in [0.05, 0.1) is 0 Å². The van der Waals surface area contributed by atoms with Crippen LogP contribution in [-0.2, 0) is 28.6 Å². The number of unbranched alkanes of at least 4 members (excludes halogenated alkanes) is 31. The van der Waals surface area contributed by atoms with E-state index in [1.165, 1.54) is 148 Å². The van der Waals surface area contributed by atoms with Crippen molar-refractivity contribution in [2.75, 3.05) is 13.2 Å². The Kier molecular flexibility index (Phi) is 60.8. The van der Waals surface area contributed by atoms with Crippen LogP contribution < -0.4 is 0 Å². The highest BCUT2D eigenvalue weighted by Gasteiger charge is 2.19. The van der Waals surface area contributed by atoms with E-state index in [-0.39, 0.29) is 31.1 Å². The number of esters is 3. The summed E-state index contributed by atoms with van der Waals surface area (Å²) in [5.74, 6) is -0.899. The zero-order valence-electron chi connectivity index (χ0n) is 50.0. The first kappa shape index (κ1) is 72.3. The first-order valence-electron chi connectivity index (χ1n) is 32.2. The minimum Gasteiger partial charge on any atom is -0.462 e. The SMILES string of the molecule is CC/C=C\C/C=C\C/C=C\C/C=C\C/C=C\C/C=C\C/C=C\CCCCCCCC(=O)OCC(COC(=O)CCCCCCCCCC)OC(=O)CCCCCCCCCCCCC/C=C\CCCCCCCCCC. The smallest absolute Gasteiger partial charge is 0.306 e. The van der Waals surface area contributed by atoms with Crippen LogP contribution in [0.25, 0.3) is 0 Å². The molecule has 436 valence electrons. The molecule has 6 heteroatoms. The Morgan fingerprint density at radius 3 is 0.816 bits per heavy atom. The molecule has 1 unspecified atom stereocenters. The van der Waals surface area contributed by atoms with Gasteiger partial charge in [-0.2, -0.15) is 0 Å².